The van der Waals surface area contributed by atoms with E-state index in [0.29, 0.717) is 37.3 Å². The molecule has 0 bridgehead atoms. The first-order chi connectivity index (χ1) is 11.9. The highest BCUT2D eigenvalue weighted by molar-refractivity contribution is 5.98. The fraction of sp³-hybridized carbons (Fsp3) is 0.600. The third kappa shape index (κ3) is 5.38. The van der Waals surface area contributed by atoms with E-state index in [9.17, 15) is 9.59 Å². The lowest BCUT2D eigenvalue weighted by Crippen LogP contribution is -2.58. The van der Waals surface area contributed by atoms with Crippen LogP contribution in [0.25, 0.3) is 0 Å². The minimum Gasteiger partial charge on any atom is -0.383 e. The zero-order valence-electron chi connectivity index (χ0n) is 15.8. The molecule has 5 nitrogen and oxygen atoms in total. The third-order valence-electron chi connectivity index (χ3n) is 4.95. The first-order valence-corrected chi connectivity index (χ1v) is 9.04. The Labute approximate surface area is 150 Å². The van der Waals surface area contributed by atoms with Gasteiger partial charge in [0.15, 0.2) is 5.78 Å². The van der Waals surface area contributed by atoms with E-state index >= 15 is 0 Å². The average molecular weight is 346 g/mol. The molecule has 1 fully saturated rings. The van der Waals surface area contributed by atoms with E-state index in [1.807, 2.05) is 36.1 Å². The molecule has 1 heterocycles. The molecule has 1 saturated heterocycles. The molecule has 1 aliphatic rings. The smallest absolute Gasteiger partial charge is 0.223 e. The molecule has 0 aliphatic carbocycles. The van der Waals surface area contributed by atoms with Crippen LogP contribution in [-0.2, 0) is 9.53 Å². The van der Waals surface area contributed by atoms with Gasteiger partial charge in [-0.15, -0.1) is 0 Å². The predicted octanol–water partition coefficient (Wildman–Crippen LogP) is 2.53. The van der Waals surface area contributed by atoms with E-state index in [1.54, 1.807) is 7.11 Å². The molecule has 2 rings (SSSR count). The van der Waals surface area contributed by atoms with Gasteiger partial charge in [0, 0.05) is 57.2 Å². The number of benzene rings is 1. The van der Waals surface area contributed by atoms with Gasteiger partial charge < -0.3 is 9.64 Å². The number of hydrogen-bond donors (Lipinski definition) is 0. The van der Waals surface area contributed by atoms with Crippen molar-refractivity contribution >= 4 is 11.7 Å². The molecular weight excluding hydrogens is 316 g/mol. The summed E-state index contributed by atoms with van der Waals surface area (Å²) in [6.07, 6.45) is 0.554. The van der Waals surface area contributed by atoms with Crippen molar-refractivity contribution in [3.8, 4) is 0 Å². The Hall–Kier alpha value is -1.72. The van der Waals surface area contributed by atoms with Crippen LogP contribution in [-0.4, -0.2) is 66.9 Å². The van der Waals surface area contributed by atoms with Gasteiger partial charge in [-0.25, -0.2) is 0 Å². The van der Waals surface area contributed by atoms with Crippen LogP contribution in [0.15, 0.2) is 24.3 Å². The van der Waals surface area contributed by atoms with Gasteiger partial charge in [-0.1, -0.05) is 29.8 Å². The summed E-state index contributed by atoms with van der Waals surface area (Å²) >= 11 is 0. The number of carbonyl (C=O) groups is 2. The first kappa shape index (κ1) is 19.6. The molecule has 1 aromatic rings. The minimum absolute atomic E-state index is 0.0353. The van der Waals surface area contributed by atoms with Crippen LogP contribution in [0.1, 0.15) is 42.6 Å². The second-order valence-corrected chi connectivity index (χ2v) is 7.02. The van der Waals surface area contributed by atoms with E-state index < -0.39 is 0 Å². The number of nitrogens with zero attached hydrogens (tertiary/aromatic N) is 2. The standard InChI is InChI=1S/C20H30N2O3/c1-15-5-7-18(8-6-15)19(23)9-10-20(24)21-13-16(2)22(11-12-25-4)17(3)14-21/h5-8,16-17H,9-14H2,1-4H3. The summed E-state index contributed by atoms with van der Waals surface area (Å²) in [4.78, 5) is 29.1. The lowest BCUT2D eigenvalue weighted by molar-refractivity contribution is -0.135. The number of aryl methyl sites for hydroxylation is 1. The number of rotatable bonds is 7. The van der Waals surface area contributed by atoms with Gasteiger partial charge in [0.2, 0.25) is 5.91 Å². The van der Waals surface area contributed by atoms with Crippen molar-refractivity contribution in [2.75, 3.05) is 33.4 Å². The zero-order chi connectivity index (χ0) is 18.4. The number of Topliss-reactive ketones (excluding diaryl/α,β-unsaturated/α-hetero) is 1. The zero-order valence-corrected chi connectivity index (χ0v) is 15.8. The lowest BCUT2D eigenvalue weighted by Gasteiger charge is -2.44. The quantitative estimate of drug-likeness (QED) is 0.712. The van der Waals surface area contributed by atoms with E-state index in [4.69, 9.17) is 4.74 Å². The summed E-state index contributed by atoms with van der Waals surface area (Å²) in [6.45, 7) is 9.29. The van der Waals surface area contributed by atoms with E-state index in [0.717, 1.165) is 12.1 Å². The average Bonchev–Trinajstić information content (AvgIpc) is 2.59. The van der Waals surface area contributed by atoms with Gasteiger partial charge in [0.25, 0.3) is 0 Å². The number of ketones is 1. The maximum Gasteiger partial charge on any atom is 0.223 e. The number of ether oxygens (including phenoxy) is 1. The molecule has 0 saturated carbocycles. The third-order valence-corrected chi connectivity index (χ3v) is 4.95. The second kappa shape index (κ2) is 9.11. The summed E-state index contributed by atoms with van der Waals surface area (Å²) < 4.78 is 5.17. The highest BCUT2D eigenvalue weighted by Gasteiger charge is 2.31. The van der Waals surface area contributed by atoms with Crippen molar-refractivity contribution in [2.45, 2.75) is 45.7 Å². The highest BCUT2D eigenvalue weighted by Crippen LogP contribution is 2.17. The maximum absolute atomic E-state index is 12.5. The molecule has 5 heteroatoms. The summed E-state index contributed by atoms with van der Waals surface area (Å²) in [5, 5.41) is 0. The fourth-order valence-electron chi connectivity index (χ4n) is 3.46. The highest BCUT2D eigenvalue weighted by atomic mass is 16.5. The molecule has 1 amide bonds. The molecule has 2 unspecified atom stereocenters. The second-order valence-electron chi connectivity index (χ2n) is 7.02. The molecule has 25 heavy (non-hydrogen) atoms. The summed E-state index contributed by atoms with van der Waals surface area (Å²) in [5.74, 6) is 0.110. The van der Waals surface area contributed by atoms with Gasteiger partial charge in [0.1, 0.15) is 0 Å². The SMILES string of the molecule is COCCN1C(C)CN(C(=O)CCC(=O)c2ccc(C)cc2)CC1C. The number of carbonyl (C=O) groups excluding carboxylic acids is 2. The van der Waals surface area contributed by atoms with Crippen LogP contribution in [0.5, 0.6) is 0 Å². The van der Waals surface area contributed by atoms with Gasteiger partial charge in [-0.3, -0.25) is 14.5 Å². The van der Waals surface area contributed by atoms with E-state index in [1.165, 1.54) is 0 Å². The molecule has 0 N–H and O–H groups in total. The molecular formula is C20H30N2O3. The molecule has 0 spiro atoms. The van der Waals surface area contributed by atoms with Crippen LogP contribution in [0.2, 0.25) is 0 Å². The van der Waals surface area contributed by atoms with Gasteiger partial charge in [-0.2, -0.15) is 0 Å². The number of piperazine rings is 1. The topological polar surface area (TPSA) is 49.9 Å². The summed E-state index contributed by atoms with van der Waals surface area (Å²) in [6, 6.07) is 8.13. The van der Waals surface area contributed by atoms with Crippen molar-refractivity contribution in [3.05, 3.63) is 35.4 Å². The lowest BCUT2D eigenvalue weighted by atomic mass is 10.0. The predicted molar refractivity (Wildman–Crippen MR) is 98.8 cm³/mol. The van der Waals surface area contributed by atoms with E-state index in [2.05, 4.69) is 18.7 Å². The Morgan fingerprint density at radius 1 is 1.08 bits per heavy atom. The van der Waals surface area contributed by atoms with Gasteiger partial charge >= 0.3 is 0 Å². The van der Waals surface area contributed by atoms with Crippen molar-refractivity contribution < 1.29 is 14.3 Å². The number of methoxy groups -OCH3 is 1. The van der Waals surface area contributed by atoms with Gasteiger partial charge in [0.05, 0.1) is 6.61 Å². The molecule has 138 valence electrons. The maximum atomic E-state index is 12.5. The van der Waals surface area contributed by atoms with Crippen LogP contribution >= 0.6 is 0 Å². The summed E-state index contributed by atoms with van der Waals surface area (Å²) in [7, 11) is 1.71. The van der Waals surface area contributed by atoms with E-state index in [-0.39, 0.29) is 24.5 Å². The Bertz CT molecular complexity index is 573. The van der Waals surface area contributed by atoms with Crippen LogP contribution in [0, 0.1) is 6.92 Å². The minimum atomic E-state index is 0.0353. The molecule has 0 aromatic heterocycles. The van der Waals surface area contributed by atoms with Crippen LogP contribution < -0.4 is 0 Å². The Morgan fingerprint density at radius 2 is 1.68 bits per heavy atom. The number of hydrogen-bond acceptors (Lipinski definition) is 4. The van der Waals surface area contributed by atoms with Gasteiger partial charge in [-0.05, 0) is 20.8 Å². The normalized spacial score (nSPS) is 21.4. The largest absolute Gasteiger partial charge is 0.383 e. The molecule has 0 radical (unpaired) electrons. The Kier molecular flexibility index (Phi) is 7.14. The Morgan fingerprint density at radius 3 is 2.24 bits per heavy atom. The molecule has 2 atom stereocenters. The first-order valence-electron chi connectivity index (χ1n) is 9.04. The molecule has 1 aliphatic heterocycles. The van der Waals surface area contributed by atoms with Crippen molar-refractivity contribution in [2.24, 2.45) is 0 Å². The number of amides is 1. The van der Waals surface area contributed by atoms with Crippen molar-refractivity contribution in [1.82, 2.24) is 9.80 Å². The Balaban J connectivity index is 1.85. The van der Waals surface area contributed by atoms with Crippen molar-refractivity contribution in [3.63, 3.8) is 0 Å². The van der Waals surface area contributed by atoms with Crippen molar-refractivity contribution in [1.29, 1.82) is 0 Å². The molecule has 1 aromatic carbocycles. The fourth-order valence-corrected chi connectivity index (χ4v) is 3.46. The summed E-state index contributed by atoms with van der Waals surface area (Å²) in [5.41, 5.74) is 1.81. The van der Waals surface area contributed by atoms with Crippen LogP contribution in [0.3, 0.4) is 0 Å². The van der Waals surface area contributed by atoms with Crippen LogP contribution in [0.4, 0.5) is 0 Å². The monoisotopic (exact) mass is 346 g/mol.